The number of hydrogen-bond donors (Lipinski definition) is 1. The maximum absolute atomic E-state index is 12.6. The van der Waals surface area contributed by atoms with Crippen LogP contribution in [-0.2, 0) is 19.8 Å². The summed E-state index contributed by atoms with van der Waals surface area (Å²) in [4.78, 5) is 28.1. The first-order valence-electron chi connectivity index (χ1n) is 8.81. The van der Waals surface area contributed by atoms with Crippen molar-refractivity contribution < 1.29 is 26.8 Å². The normalized spacial score (nSPS) is 27.5. The van der Waals surface area contributed by atoms with Gasteiger partial charge in [0.25, 0.3) is 10.2 Å². The molecule has 0 unspecified atom stereocenters. The molecular weight excluding hydrogens is 370 g/mol. The Kier molecular flexibility index (Phi) is 5.50. The maximum atomic E-state index is 12.6. The lowest BCUT2D eigenvalue weighted by Gasteiger charge is -2.42. The minimum atomic E-state index is -3.74. The number of halogens is 2. The molecule has 148 valence electrons. The predicted octanol–water partition coefficient (Wildman–Crippen LogP) is -0.384. The van der Waals surface area contributed by atoms with Gasteiger partial charge in [0.1, 0.15) is 0 Å². The summed E-state index contributed by atoms with van der Waals surface area (Å²) in [6.45, 7) is 1.76. The van der Waals surface area contributed by atoms with Gasteiger partial charge in [0.15, 0.2) is 0 Å². The van der Waals surface area contributed by atoms with E-state index in [0.29, 0.717) is 26.1 Å². The Morgan fingerprint density at radius 1 is 1.12 bits per heavy atom. The van der Waals surface area contributed by atoms with Crippen LogP contribution in [-0.4, -0.2) is 79.5 Å². The molecule has 3 aliphatic heterocycles. The smallest absolute Gasteiger partial charge is 0.276 e. The number of likely N-dealkylation sites (tertiary alicyclic amines) is 2. The van der Waals surface area contributed by atoms with E-state index in [1.54, 1.807) is 9.80 Å². The van der Waals surface area contributed by atoms with Crippen LogP contribution in [0.5, 0.6) is 0 Å². The molecule has 0 aromatic heterocycles. The fourth-order valence-corrected chi connectivity index (χ4v) is 4.89. The molecule has 0 saturated carbocycles. The lowest BCUT2D eigenvalue weighted by atomic mass is 9.91. The molecular formula is C15H24F2N4O4S. The monoisotopic (exact) mass is 394 g/mol. The average Bonchev–Trinajstić information content (AvgIpc) is 2.92. The quantitative estimate of drug-likeness (QED) is 0.686. The fourth-order valence-electron chi connectivity index (χ4n) is 4.11. The molecule has 3 saturated heterocycles. The SMILES string of the molecule is NS(=O)(=O)N1CC(C(=O)N2CC[C@@H]3CN(C(=O)CCC(F)F)CC[C@@H]32)C1. The molecule has 3 aliphatic rings. The first kappa shape index (κ1) is 19.4. The highest BCUT2D eigenvalue weighted by atomic mass is 32.2. The largest absolute Gasteiger partial charge is 0.342 e. The summed E-state index contributed by atoms with van der Waals surface area (Å²) in [5, 5.41) is 5.04. The third-order valence-corrected chi connectivity index (χ3v) is 6.62. The average molecular weight is 394 g/mol. The van der Waals surface area contributed by atoms with Crippen molar-refractivity contribution in [2.45, 2.75) is 38.2 Å². The second-order valence-corrected chi connectivity index (χ2v) is 8.81. The van der Waals surface area contributed by atoms with Crippen molar-refractivity contribution in [1.29, 1.82) is 0 Å². The van der Waals surface area contributed by atoms with E-state index in [4.69, 9.17) is 5.14 Å². The second kappa shape index (κ2) is 7.35. The number of rotatable bonds is 5. The Labute approximate surface area is 151 Å². The molecule has 11 heteroatoms. The zero-order chi connectivity index (χ0) is 19.1. The van der Waals surface area contributed by atoms with Crippen LogP contribution in [0.4, 0.5) is 8.78 Å². The van der Waals surface area contributed by atoms with Crippen molar-refractivity contribution >= 4 is 22.0 Å². The molecule has 2 N–H and O–H groups in total. The van der Waals surface area contributed by atoms with E-state index in [-0.39, 0.29) is 49.2 Å². The highest BCUT2D eigenvalue weighted by molar-refractivity contribution is 7.86. The molecule has 0 aromatic carbocycles. The number of piperidine rings is 1. The van der Waals surface area contributed by atoms with Gasteiger partial charge < -0.3 is 9.80 Å². The fraction of sp³-hybridized carbons (Fsp3) is 0.867. The minimum absolute atomic E-state index is 0.0326. The van der Waals surface area contributed by atoms with E-state index < -0.39 is 23.1 Å². The van der Waals surface area contributed by atoms with Crippen LogP contribution in [0, 0.1) is 11.8 Å². The van der Waals surface area contributed by atoms with Gasteiger partial charge in [0.05, 0.1) is 5.92 Å². The zero-order valence-corrected chi connectivity index (χ0v) is 15.2. The van der Waals surface area contributed by atoms with Gasteiger partial charge in [-0.05, 0) is 18.8 Å². The molecule has 0 aliphatic carbocycles. The van der Waals surface area contributed by atoms with E-state index in [1.165, 1.54) is 0 Å². The van der Waals surface area contributed by atoms with E-state index >= 15 is 0 Å². The van der Waals surface area contributed by atoms with Gasteiger partial charge in [0.2, 0.25) is 18.2 Å². The third-order valence-electron chi connectivity index (χ3n) is 5.60. The summed E-state index contributed by atoms with van der Waals surface area (Å²) in [6, 6.07) is 0.0326. The van der Waals surface area contributed by atoms with Crippen LogP contribution in [0.15, 0.2) is 0 Å². The van der Waals surface area contributed by atoms with E-state index in [2.05, 4.69) is 0 Å². The van der Waals surface area contributed by atoms with E-state index in [9.17, 15) is 26.8 Å². The summed E-state index contributed by atoms with van der Waals surface area (Å²) in [5.41, 5.74) is 0. The second-order valence-electron chi connectivity index (χ2n) is 7.26. The first-order valence-corrected chi connectivity index (χ1v) is 10.3. The molecule has 0 bridgehead atoms. The van der Waals surface area contributed by atoms with Crippen LogP contribution in [0.2, 0.25) is 0 Å². The maximum Gasteiger partial charge on any atom is 0.276 e. The number of alkyl halides is 2. The van der Waals surface area contributed by atoms with Gasteiger partial charge in [-0.3, -0.25) is 9.59 Å². The molecule has 3 rings (SSSR count). The number of carbonyl (C=O) groups excluding carboxylic acids is 2. The standard InChI is InChI=1S/C15H24F2N4O4S/c16-13(17)1-2-14(22)19-5-4-12-10(7-19)3-6-21(12)15(23)11-8-20(9-11)26(18,24)25/h10-13H,1-9H2,(H2,18,24,25)/t10-,12+/m1/s1. The van der Waals surface area contributed by atoms with Crippen molar-refractivity contribution in [3.63, 3.8) is 0 Å². The molecule has 3 fully saturated rings. The van der Waals surface area contributed by atoms with Gasteiger partial charge in [0, 0.05) is 51.6 Å². The van der Waals surface area contributed by atoms with Crippen LogP contribution < -0.4 is 5.14 Å². The minimum Gasteiger partial charge on any atom is -0.342 e. The number of amides is 2. The number of nitrogens with two attached hydrogens (primary N) is 1. The topological polar surface area (TPSA) is 104 Å². The summed E-state index contributed by atoms with van der Waals surface area (Å²) < 4.78 is 48.1. The van der Waals surface area contributed by atoms with Crippen molar-refractivity contribution in [2.24, 2.45) is 17.0 Å². The Morgan fingerprint density at radius 2 is 1.81 bits per heavy atom. The zero-order valence-electron chi connectivity index (χ0n) is 14.4. The van der Waals surface area contributed by atoms with Gasteiger partial charge in [-0.25, -0.2) is 13.9 Å². The van der Waals surface area contributed by atoms with Crippen LogP contribution in [0.1, 0.15) is 25.7 Å². The Balaban J connectivity index is 1.51. The van der Waals surface area contributed by atoms with Gasteiger partial charge >= 0.3 is 0 Å². The molecule has 2 atom stereocenters. The Bertz CT molecular complexity index is 669. The molecule has 8 nitrogen and oxygen atoms in total. The van der Waals surface area contributed by atoms with Crippen molar-refractivity contribution in [3.8, 4) is 0 Å². The summed E-state index contributed by atoms with van der Waals surface area (Å²) >= 11 is 0. The molecule has 26 heavy (non-hydrogen) atoms. The number of fused-ring (bicyclic) bond motifs is 1. The Morgan fingerprint density at radius 3 is 2.42 bits per heavy atom. The molecule has 0 aromatic rings. The first-order chi connectivity index (χ1) is 12.2. The lowest BCUT2D eigenvalue weighted by Crippen LogP contribution is -2.59. The predicted molar refractivity (Wildman–Crippen MR) is 88.2 cm³/mol. The number of nitrogens with zero attached hydrogens (tertiary/aromatic N) is 3. The summed E-state index contributed by atoms with van der Waals surface area (Å²) in [5.74, 6) is -0.526. The molecule has 0 radical (unpaired) electrons. The van der Waals surface area contributed by atoms with Gasteiger partial charge in [-0.1, -0.05) is 0 Å². The summed E-state index contributed by atoms with van der Waals surface area (Å²) in [7, 11) is -3.74. The van der Waals surface area contributed by atoms with E-state index in [1.807, 2.05) is 0 Å². The van der Waals surface area contributed by atoms with Crippen molar-refractivity contribution in [1.82, 2.24) is 14.1 Å². The lowest BCUT2D eigenvalue weighted by molar-refractivity contribution is -0.141. The van der Waals surface area contributed by atoms with E-state index in [0.717, 1.165) is 10.7 Å². The highest BCUT2D eigenvalue weighted by Crippen LogP contribution is 2.34. The number of carbonyl (C=O) groups is 2. The molecule has 0 spiro atoms. The van der Waals surface area contributed by atoms with Crippen LogP contribution in [0.3, 0.4) is 0 Å². The van der Waals surface area contributed by atoms with Gasteiger partial charge in [-0.15, -0.1) is 0 Å². The van der Waals surface area contributed by atoms with Crippen LogP contribution in [0.25, 0.3) is 0 Å². The van der Waals surface area contributed by atoms with Crippen LogP contribution >= 0.6 is 0 Å². The number of hydrogen-bond acceptors (Lipinski definition) is 4. The third kappa shape index (κ3) is 3.99. The van der Waals surface area contributed by atoms with Crippen molar-refractivity contribution in [3.05, 3.63) is 0 Å². The van der Waals surface area contributed by atoms with Crippen molar-refractivity contribution in [2.75, 3.05) is 32.7 Å². The molecule has 2 amide bonds. The summed E-state index contributed by atoms with van der Waals surface area (Å²) in [6.07, 6.45) is -1.65. The van der Waals surface area contributed by atoms with Gasteiger partial charge in [-0.2, -0.15) is 12.7 Å². The Hall–Kier alpha value is -1.33. The molecule has 3 heterocycles. The highest BCUT2D eigenvalue weighted by Gasteiger charge is 2.46.